The number of carbonyl (C=O) groups is 1. The molecule has 3 rings (SSSR count). The highest BCUT2D eigenvalue weighted by atomic mass is 79.9. The van der Waals surface area contributed by atoms with Gasteiger partial charge in [-0.05, 0) is 52.3 Å². The maximum Gasteiger partial charge on any atom is 0.236 e. The minimum Gasteiger partial charge on any atom is -0.310 e. The van der Waals surface area contributed by atoms with Crippen LogP contribution in [0.25, 0.3) is 11.4 Å². The molecule has 25 heavy (non-hydrogen) atoms. The Bertz CT molecular complexity index is 883. The first-order valence-corrected chi connectivity index (χ1v) is 9.38. The molecule has 0 fully saturated rings. The number of anilines is 1. The Morgan fingerprint density at radius 2 is 2.00 bits per heavy atom. The van der Waals surface area contributed by atoms with Gasteiger partial charge < -0.3 is 9.88 Å². The van der Waals surface area contributed by atoms with Crippen LogP contribution in [-0.4, -0.2) is 31.4 Å². The summed E-state index contributed by atoms with van der Waals surface area (Å²) in [5.41, 5.74) is 0.912. The zero-order valence-corrected chi connectivity index (χ0v) is 16.3. The highest BCUT2D eigenvalue weighted by molar-refractivity contribution is 9.10. The fourth-order valence-electron chi connectivity index (χ4n) is 2.05. The van der Waals surface area contributed by atoms with Gasteiger partial charge in [-0.3, -0.25) is 4.79 Å². The van der Waals surface area contributed by atoms with E-state index in [4.69, 9.17) is 11.6 Å². The summed E-state index contributed by atoms with van der Waals surface area (Å²) in [5, 5.41) is 12.4. The van der Waals surface area contributed by atoms with Crippen LogP contribution in [0.5, 0.6) is 0 Å². The van der Waals surface area contributed by atoms with Crippen molar-refractivity contribution in [2.45, 2.75) is 5.16 Å². The molecule has 6 nitrogen and oxygen atoms in total. The monoisotopic (exact) mass is 437 g/mol. The third kappa shape index (κ3) is 4.59. The van der Waals surface area contributed by atoms with E-state index < -0.39 is 0 Å². The Morgan fingerprint density at radius 3 is 2.68 bits per heavy atom. The number of hydrogen-bond acceptors (Lipinski definition) is 5. The van der Waals surface area contributed by atoms with Crippen LogP contribution in [0.15, 0.2) is 52.2 Å². The Kier molecular flexibility index (Phi) is 5.72. The van der Waals surface area contributed by atoms with E-state index in [0.717, 1.165) is 10.0 Å². The first-order chi connectivity index (χ1) is 12.0. The summed E-state index contributed by atoms with van der Waals surface area (Å²) in [7, 11) is 1.86. The van der Waals surface area contributed by atoms with Gasteiger partial charge in [0.15, 0.2) is 11.0 Å². The fourth-order valence-corrected chi connectivity index (χ4v) is 3.12. The number of hydrogen-bond donors (Lipinski definition) is 1. The summed E-state index contributed by atoms with van der Waals surface area (Å²) >= 11 is 10.5. The van der Waals surface area contributed by atoms with Crippen molar-refractivity contribution in [1.82, 2.24) is 19.7 Å². The molecule has 0 aliphatic heterocycles. The Hall–Kier alpha value is -1.90. The molecule has 0 saturated heterocycles. The second-order valence-corrected chi connectivity index (χ2v) is 7.37. The third-order valence-electron chi connectivity index (χ3n) is 3.26. The van der Waals surface area contributed by atoms with E-state index in [-0.39, 0.29) is 11.7 Å². The quantitative estimate of drug-likeness (QED) is 0.609. The van der Waals surface area contributed by atoms with Crippen LogP contribution < -0.4 is 5.32 Å². The Morgan fingerprint density at radius 1 is 1.24 bits per heavy atom. The molecule has 1 aromatic carbocycles. The van der Waals surface area contributed by atoms with Crippen LogP contribution in [0.4, 0.5) is 5.82 Å². The molecule has 2 heterocycles. The second kappa shape index (κ2) is 7.99. The van der Waals surface area contributed by atoms with Gasteiger partial charge in [0.05, 0.1) is 5.75 Å². The maximum absolute atomic E-state index is 12.0. The summed E-state index contributed by atoms with van der Waals surface area (Å²) < 4.78 is 2.70. The summed E-state index contributed by atoms with van der Waals surface area (Å²) in [6.07, 6.45) is 1.63. The lowest BCUT2D eigenvalue weighted by molar-refractivity contribution is -0.113. The van der Waals surface area contributed by atoms with Crippen LogP contribution in [0.2, 0.25) is 5.02 Å². The summed E-state index contributed by atoms with van der Waals surface area (Å²) in [6, 6.07) is 10.9. The van der Waals surface area contributed by atoms with E-state index in [9.17, 15) is 4.79 Å². The fraction of sp³-hybridized carbons (Fsp3) is 0.125. The minimum atomic E-state index is -0.157. The lowest BCUT2D eigenvalue weighted by Crippen LogP contribution is -2.15. The van der Waals surface area contributed by atoms with E-state index in [1.54, 1.807) is 24.4 Å². The molecule has 0 saturated carbocycles. The summed E-state index contributed by atoms with van der Waals surface area (Å²) in [6.45, 7) is 0. The number of nitrogens with zero attached hydrogens (tertiary/aromatic N) is 4. The molecular formula is C16H13BrClN5OS. The van der Waals surface area contributed by atoms with E-state index >= 15 is 0 Å². The van der Waals surface area contributed by atoms with Crippen molar-refractivity contribution >= 4 is 51.0 Å². The third-order valence-corrected chi connectivity index (χ3v) is 5.01. The standard InChI is InChI=1S/C16H13BrClN5OS/c1-23-15(10-2-5-12(18)6-3-10)21-22-16(23)25-9-14(24)20-13-7-4-11(17)8-19-13/h2-8H,9H2,1H3,(H,19,20,24). The molecule has 1 amide bonds. The van der Waals surface area contributed by atoms with Gasteiger partial charge >= 0.3 is 0 Å². The normalized spacial score (nSPS) is 10.7. The van der Waals surface area contributed by atoms with Crippen LogP contribution in [0.3, 0.4) is 0 Å². The first kappa shape index (κ1) is 17.9. The second-order valence-electron chi connectivity index (χ2n) is 5.07. The van der Waals surface area contributed by atoms with Gasteiger partial charge in [-0.2, -0.15) is 0 Å². The topological polar surface area (TPSA) is 72.7 Å². The van der Waals surface area contributed by atoms with Gasteiger partial charge in [-0.1, -0.05) is 23.4 Å². The van der Waals surface area contributed by atoms with E-state index in [1.807, 2.05) is 29.8 Å². The number of pyridine rings is 1. The SMILES string of the molecule is Cn1c(SCC(=O)Nc2ccc(Br)cn2)nnc1-c1ccc(Cl)cc1. The summed E-state index contributed by atoms with van der Waals surface area (Å²) in [5.74, 6) is 1.28. The average molecular weight is 439 g/mol. The Labute approximate surface area is 162 Å². The predicted octanol–water partition coefficient (Wildman–Crippen LogP) is 4.02. The molecule has 9 heteroatoms. The van der Waals surface area contributed by atoms with E-state index in [2.05, 4.69) is 36.4 Å². The molecular weight excluding hydrogens is 426 g/mol. The van der Waals surface area contributed by atoms with Crippen molar-refractivity contribution in [2.24, 2.45) is 7.05 Å². The molecule has 0 bridgehead atoms. The highest BCUT2D eigenvalue weighted by Gasteiger charge is 2.13. The number of aromatic nitrogens is 4. The zero-order valence-electron chi connectivity index (χ0n) is 13.1. The number of amides is 1. The Balaban J connectivity index is 1.62. The van der Waals surface area contributed by atoms with Crippen molar-refractivity contribution < 1.29 is 4.79 Å². The van der Waals surface area contributed by atoms with Crippen molar-refractivity contribution in [3.63, 3.8) is 0 Å². The van der Waals surface area contributed by atoms with Gasteiger partial charge in [-0.15, -0.1) is 10.2 Å². The highest BCUT2D eigenvalue weighted by Crippen LogP contribution is 2.24. The van der Waals surface area contributed by atoms with Gasteiger partial charge in [0, 0.05) is 28.3 Å². The maximum atomic E-state index is 12.0. The van der Waals surface area contributed by atoms with Gasteiger partial charge in [0.2, 0.25) is 5.91 Å². The smallest absolute Gasteiger partial charge is 0.236 e. The number of thioether (sulfide) groups is 1. The molecule has 2 aromatic heterocycles. The lowest BCUT2D eigenvalue weighted by atomic mass is 10.2. The van der Waals surface area contributed by atoms with E-state index in [1.165, 1.54) is 11.8 Å². The minimum absolute atomic E-state index is 0.157. The average Bonchev–Trinajstić information content (AvgIpc) is 2.97. The zero-order chi connectivity index (χ0) is 17.8. The first-order valence-electron chi connectivity index (χ1n) is 7.22. The molecule has 0 aliphatic carbocycles. The van der Waals surface area contributed by atoms with Crippen LogP contribution >= 0.6 is 39.3 Å². The molecule has 0 aliphatic rings. The number of carbonyl (C=O) groups excluding carboxylic acids is 1. The van der Waals surface area contributed by atoms with Crippen molar-refractivity contribution in [1.29, 1.82) is 0 Å². The molecule has 0 unspecified atom stereocenters. The molecule has 128 valence electrons. The van der Waals surface area contributed by atoms with Crippen molar-refractivity contribution in [3.8, 4) is 11.4 Å². The molecule has 0 spiro atoms. The molecule has 0 atom stereocenters. The molecule has 1 N–H and O–H groups in total. The van der Waals surface area contributed by atoms with Gasteiger partial charge in [-0.25, -0.2) is 4.98 Å². The molecule has 3 aromatic rings. The largest absolute Gasteiger partial charge is 0.310 e. The lowest BCUT2D eigenvalue weighted by Gasteiger charge is -2.05. The summed E-state index contributed by atoms with van der Waals surface area (Å²) in [4.78, 5) is 16.2. The van der Waals surface area contributed by atoms with Crippen LogP contribution in [-0.2, 0) is 11.8 Å². The van der Waals surface area contributed by atoms with Crippen molar-refractivity contribution in [2.75, 3.05) is 11.1 Å². The van der Waals surface area contributed by atoms with Crippen LogP contribution in [0, 0.1) is 0 Å². The van der Waals surface area contributed by atoms with Crippen LogP contribution in [0.1, 0.15) is 0 Å². The number of halogens is 2. The molecule has 0 radical (unpaired) electrons. The number of benzene rings is 1. The van der Waals surface area contributed by atoms with Gasteiger partial charge in [0.25, 0.3) is 0 Å². The van der Waals surface area contributed by atoms with E-state index in [0.29, 0.717) is 21.8 Å². The number of rotatable bonds is 5. The van der Waals surface area contributed by atoms with Gasteiger partial charge in [0.1, 0.15) is 5.82 Å². The number of nitrogens with one attached hydrogen (secondary N) is 1. The predicted molar refractivity (Wildman–Crippen MR) is 103 cm³/mol. The van der Waals surface area contributed by atoms with Crippen molar-refractivity contribution in [3.05, 3.63) is 52.1 Å².